The molecule has 1 amide bonds. The van der Waals surface area contributed by atoms with Gasteiger partial charge in [-0.1, -0.05) is 247 Å². The Kier molecular flexibility index (Phi) is 50.6. The van der Waals surface area contributed by atoms with Crippen molar-refractivity contribution in [3.05, 3.63) is 85.1 Å². The van der Waals surface area contributed by atoms with Crippen LogP contribution in [0.3, 0.4) is 0 Å². The molecule has 0 bridgehead atoms. The summed E-state index contributed by atoms with van der Waals surface area (Å²) < 4.78 is 5.88. The molecular formula is C60H105NO5. The molecule has 66 heavy (non-hydrogen) atoms. The fourth-order valence-corrected chi connectivity index (χ4v) is 8.05. The number of aliphatic hydroxyl groups excluding tert-OH is 2. The van der Waals surface area contributed by atoms with E-state index in [4.69, 9.17) is 4.74 Å². The van der Waals surface area contributed by atoms with Gasteiger partial charge in [0.15, 0.2) is 0 Å². The second-order valence-electron chi connectivity index (χ2n) is 18.6. The number of nitrogens with one attached hydrogen (secondary N) is 1. The van der Waals surface area contributed by atoms with E-state index in [1.807, 2.05) is 6.08 Å². The molecule has 380 valence electrons. The SMILES string of the molecule is CC/C=C\C/C=C\C/C=C\C/C=C\C/C=C\CCCC(CC(=O)NC(CO)C(O)CCCCCCCCCCCCCCCCCCC)OC(=O)CC/C=C/C/C=C\CCCCCCCC. The Balaban J connectivity index is 4.70. The van der Waals surface area contributed by atoms with E-state index in [1.54, 1.807) is 0 Å². The number of rotatable bonds is 49. The zero-order valence-electron chi connectivity index (χ0n) is 43.3. The van der Waals surface area contributed by atoms with Crippen molar-refractivity contribution in [1.29, 1.82) is 0 Å². The summed E-state index contributed by atoms with van der Waals surface area (Å²) >= 11 is 0. The van der Waals surface area contributed by atoms with Gasteiger partial charge in [0, 0.05) is 6.42 Å². The minimum absolute atomic E-state index is 0.0129. The largest absolute Gasteiger partial charge is 0.462 e. The van der Waals surface area contributed by atoms with Gasteiger partial charge in [-0.25, -0.2) is 0 Å². The Hall–Kier alpha value is -2.96. The first-order chi connectivity index (χ1) is 32.5. The van der Waals surface area contributed by atoms with Crippen LogP contribution in [0.5, 0.6) is 0 Å². The predicted molar refractivity (Wildman–Crippen MR) is 287 cm³/mol. The quantitative estimate of drug-likeness (QED) is 0.0321. The van der Waals surface area contributed by atoms with Crippen LogP contribution in [-0.2, 0) is 14.3 Å². The lowest BCUT2D eigenvalue weighted by Gasteiger charge is -2.24. The molecule has 3 N–H and O–H groups in total. The molecule has 0 aliphatic carbocycles. The van der Waals surface area contributed by atoms with Crippen LogP contribution >= 0.6 is 0 Å². The third-order valence-electron chi connectivity index (χ3n) is 12.2. The Bertz CT molecular complexity index is 1260. The van der Waals surface area contributed by atoms with Gasteiger partial charge in [0.1, 0.15) is 6.10 Å². The average molecular weight is 921 g/mol. The monoisotopic (exact) mass is 920 g/mol. The minimum Gasteiger partial charge on any atom is -0.462 e. The lowest BCUT2D eigenvalue weighted by molar-refractivity contribution is -0.150. The number of aliphatic hydroxyl groups is 2. The van der Waals surface area contributed by atoms with E-state index in [0.29, 0.717) is 19.3 Å². The van der Waals surface area contributed by atoms with Gasteiger partial charge < -0.3 is 20.3 Å². The molecular weight excluding hydrogens is 815 g/mol. The van der Waals surface area contributed by atoms with Gasteiger partial charge in [0.2, 0.25) is 5.91 Å². The Morgan fingerprint density at radius 3 is 1.27 bits per heavy atom. The van der Waals surface area contributed by atoms with E-state index in [2.05, 4.69) is 105 Å². The Labute approximate surface area is 408 Å². The van der Waals surface area contributed by atoms with E-state index < -0.39 is 18.2 Å². The van der Waals surface area contributed by atoms with E-state index in [-0.39, 0.29) is 31.3 Å². The lowest BCUT2D eigenvalue weighted by Crippen LogP contribution is -2.46. The molecule has 6 nitrogen and oxygen atoms in total. The minimum atomic E-state index is -0.816. The van der Waals surface area contributed by atoms with Gasteiger partial charge in [-0.3, -0.25) is 9.59 Å². The smallest absolute Gasteiger partial charge is 0.306 e. The number of hydrogen-bond donors (Lipinski definition) is 3. The van der Waals surface area contributed by atoms with Gasteiger partial charge in [-0.2, -0.15) is 0 Å². The third kappa shape index (κ3) is 47.5. The number of carbonyl (C=O) groups excluding carboxylic acids is 2. The van der Waals surface area contributed by atoms with Crippen LogP contribution in [0.25, 0.3) is 0 Å². The number of carbonyl (C=O) groups is 2. The Morgan fingerprint density at radius 1 is 0.455 bits per heavy atom. The first kappa shape index (κ1) is 63.0. The molecule has 0 aromatic heterocycles. The van der Waals surface area contributed by atoms with Crippen LogP contribution < -0.4 is 5.32 Å². The molecule has 0 heterocycles. The van der Waals surface area contributed by atoms with Gasteiger partial charge >= 0.3 is 5.97 Å². The highest BCUT2D eigenvalue weighted by Gasteiger charge is 2.24. The maximum absolute atomic E-state index is 13.2. The maximum atomic E-state index is 13.2. The van der Waals surface area contributed by atoms with Crippen LogP contribution in [0.15, 0.2) is 85.1 Å². The first-order valence-electron chi connectivity index (χ1n) is 27.8. The van der Waals surface area contributed by atoms with Crippen molar-refractivity contribution >= 4 is 11.9 Å². The summed E-state index contributed by atoms with van der Waals surface area (Å²) in [5, 5.41) is 23.8. The molecule has 0 aliphatic rings. The average Bonchev–Trinajstić information content (AvgIpc) is 3.31. The molecule has 0 aromatic rings. The predicted octanol–water partition coefficient (Wildman–Crippen LogP) is 17.1. The standard InChI is InChI=1S/C60H105NO5/c1-4-7-10-13-16-19-22-25-27-29-31-34-36-39-42-45-48-51-56(66-60(65)53-50-47-44-41-38-33-24-21-18-15-12-9-6-3)54-59(64)61-57(55-62)58(63)52-49-46-43-40-37-35-32-30-28-26-23-20-17-14-11-8-5-2/h7,10,16,19,25,27,31,33-34,38-39,42,44,47,56-58,62-63H,4-6,8-9,11-15,17-18,20-24,26,28-30,32,35-37,40-41,43,45-46,48-55H2,1-3H3,(H,61,64)/b10-7-,19-16-,27-25-,34-31-,38-33-,42-39-,47-44+. The normalized spacial score (nSPS) is 13.8. The van der Waals surface area contributed by atoms with E-state index in [1.165, 1.54) is 128 Å². The third-order valence-corrected chi connectivity index (χ3v) is 12.2. The maximum Gasteiger partial charge on any atom is 0.306 e. The topological polar surface area (TPSA) is 95.9 Å². The summed E-state index contributed by atoms with van der Waals surface area (Å²) in [5.41, 5.74) is 0. The summed E-state index contributed by atoms with van der Waals surface area (Å²) in [7, 11) is 0. The van der Waals surface area contributed by atoms with Crippen molar-refractivity contribution in [1.82, 2.24) is 5.32 Å². The van der Waals surface area contributed by atoms with Crippen molar-refractivity contribution in [3.8, 4) is 0 Å². The van der Waals surface area contributed by atoms with Gasteiger partial charge in [0.25, 0.3) is 0 Å². The van der Waals surface area contributed by atoms with Crippen LogP contribution in [0.1, 0.15) is 258 Å². The van der Waals surface area contributed by atoms with Gasteiger partial charge in [0.05, 0.1) is 25.2 Å². The zero-order valence-corrected chi connectivity index (χ0v) is 43.3. The number of ether oxygens (including phenoxy) is 1. The highest BCUT2D eigenvalue weighted by molar-refractivity contribution is 5.77. The van der Waals surface area contributed by atoms with Gasteiger partial charge in [-0.05, 0) is 83.5 Å². The molecule has 0 fully saturated rings. The van der Waals surface area contributed by atoms with Crippen molar-refractivity contribution in [3.63, 3.8) is 0 Å². The van der Waals surface area contributed by atoms with E-state index in [0.717, 1.165) is 77.0 Å². The van der Waals surface area contributed by atoms with Crippen molar-refractivity contribution in [2.24, 2.45) is 0 Å². The summed E-state index contributed by atoms with van der Waals surface area (Å²) in [5.74, 6) is -0.612. The van der Waals surface area contributed by atoms with Crippen molar-refractivity contribution in [2.75, 3.05) is 6.61 Å². The van der Waals surface area contributed by atoms with Gasteiger partial charge in [-0.15, -0.1) is 0 Å². The molecule has 0 rings (SSSR count). The Morgan fingerprint density at radius 2 is 0.833 bits per heavy atom. The van der Waals surface area contributed by atoms with Crippen LogP contribution in [0, 0.1) is 0 Å². The number of hydrogen-bond acceptors (Lipinski definition) is 5. The number of unbranched alkanes of at least 4 members (excludes halogenated alkanes) is 23. The van der Waals surface area contributed by atoms with Crippen molar-refractivity contribution in [2.45, 2.75) is 277 Å². The molecule has 0 aromatic carbocycles. The summed E-state index contributed by atoms with van der Waals surface area (Å²) in [6.07, 6.45) is 69.5. The van der Waals surface area contributed by atoms with Crippen LogP contribution in [0.4, 0.5) is 0 Å². The molecule has 0 saturated carbocycles. The molecule has 0 aliphatic heterocycles. The first-order valence-corrected chi connectivity index (χ1v) is 27.8. The number of esters is 1. The van der Waals surface area contributed by atoms with Crippen LogP contribution in [0.2, 0.25) is 0 Å². The van der Waals surface area contributed by atoms with Crippen LogP contribution in [-0.4, -0.2) is 46.9 Å². The summed E-state index contributed by atoms with van der Waals surface area (Å²) in [4.78, 5) is 26.2. The number of amides is 1. The number of allylic oxidation sites excluding steroid dienone is 14. The fraction of sp³-hybridized carbons (Fsp3) is 0.733. The highest BCUT2D eigenvalue weighted by Crippen LogP contribution is 2.17. The zero-order chi connectivity index (χ0) is 48.1. The lowest BCUT2D eigenvalue weighted by atomic mass is 10.0. The molecule has 0 spiro atoms. The fourth-order valence-electron chi connectivity index (χ4n) is 8.05. The van der Waals surface area contributed by atoms with E-state index >= 15 is 0 Å². The molecule has 3 atom stereocenters. The second kappa shape index (κ2) is 53.0. The summed E-state index contributed by atoms with van der Waals surface area (Å²) in [6, 6.07) is -0.735. The summed E-state index contributed by atoms with van der Waals surface area (Å²) in [6.45, 7) is 6.34. The molecule has 6 heteroatoms. The highest BCUT2D eigenvalue weighted by atomic mass is 16.5. The second-order valence-corrected chi connectivity index (χ2v) is 18.6. The van der Waals surface area contributed by atoms with E-state index in [9.17, 15) is 19.8 Å². The molecule has 0 radical (unpaired) electrons. The molecule has 3 unspecified atom stereocenters. The van der Waals surface area contributed by atoms with Crippen molar-refractivity contribution < 1.29 is 24.5 Å². The molecule has 0 saturated heterocycles.